The Hall–Kier alpha value is -2.34. The molecule has 0 aliphatic rings. The third-order valence-corrected chi connectivity index (χ3v) is 3.55. The Morgan fingerprint density at radius 1 is 1.30 bits per heavy atom. The van der Waals surface area contributed by atoms with Crippen LogP contribution in [0, 0.1) is 0 Å². The van der Waals surface area contributed by atoms with E-state index in [0.717, 1.165) is 22.2 Å². The summed E-state index contributed by atoms with van der Waals surface area (Å²) in [7, 11) is 0. The fourth-order valence-electron chi connectivity index (χ4n) is 1.77. The van der Waals surface area contributed by atoms with Gasteiger partial charge in [-0.1, -0.05) is 6.92 Å². The predicted molar refractivity (Wildman–Crippen MR) is 93.1 cm³/mol. The molecule has 0 aliphatic heterocycles. The summed E-state index contributed by atoms with van der Waals surface area (Å²) in [6.45, 7) is 2.71. The van der Waals surface area contributed by atoms with Crippen LogP contribution in [0.25, 0.3) is 0 Å². The van der Waals surface area contributed by atoms with Crippen molar-refractivity contribution in [2.24, 2.45) is 5.10 Å². The molecule has 2 rings (SSSR count). The van der Waals surface area contributed by atoms with Gasteiger partial charge in [0.2, 0.25) is 0 Å². The van der Waals surface area contributed by atoms with E-state index in [1.54, 1.807) is 6.21 Å². The van der Waals surface area contributed by atoms with Gasteiger partial charge in [-0.05, 0) is 70.4 Å². The number of rotatable bonds is 6. The molecule has 0 heterocycles. The van der Waals surface area contributed by atoms with E-state index < -0.39 is 0 Å². The summed E-state index contributed by atoms with van der Waals surface area (Å²) in [6, 6.07) is 11.5. The second kappa shape index (κ2) is 8.33. The highest BCUT2D eigenvalue weighted by atomic mass is 79.9. The number of hydrazone groups is 1. The second-order valence-electron chi connectivity index (χ2n) is 4.78. The second-order valence-corrected chi connectivity index (χ2v) is 5.64. The number of aromatic hydroxyl groups is 1. The van der Waals surface area contributed by atoms with Crippen LogP contribution in [-0.4, -0.2) is 23.8 Å². The maximum absolute atomic E-state index is 11.8. The maximum atomic E-state index is 11.8. The van der Waals surface area contributed by atoms with Crippen LogP contribution >= 0.6 is 15.9 Å². The SMILES string of the molecule is CCCOc1ccc(/C=N\NC(=O)c2ccc(O)cc2)cc1Br. The molecule has 0 saturated heterocycles. The van der Waals surface area contributed by atoms with Gasteiger partial charge in [-0.25, -0.2) is 5.43 Å². The van der Waals surface area contributed by atoms with Crippen LogP contribution in [0.2, 0.25) is 0 Å². The number of phenols is 1. The highest BCUT2D eigenvalue weighted by Crippen LogP contribution is 2.25. The Bertz CT molecular complexity index is 699. The normalized spacial score (nSPS) is 10.7. The monoisotopic (exact) mass is 376 g/mol. The Morgan fingerprint density at radius 2 is 2.04 bits per heavy atom. The molecule has 1 amide bonds. The number of carbonyl (C=O) groups excluding carboxylic acids is 1. The number of phenolic OH excluding ortho intramolecular Hbond substituents is 1. The van der Waals surface area contributed by atoms with Gasteiger partial charge in [-0.2, -0.15) is 5.10 Å². The minimum absolute atomic E-state index is 0.111. The lowest BCUT2D eigenvalue weighted by Gasteiger charge is -2.07. The van der Waals surface area contributed by atoms with Gasteiger partial charge in [0.1, 0.15) is 11.5 Å². The van der Waals surface area contributed by atoms with Crippen molar-refractivity contribution in [3.8, 4) is 11.5 Å². The molecular weight excluding hydrogens is 360 g/mol. The summed E-state index contributed by atoms with van der Waals surface area (Å²) in [6.07, 6.45) is 2.49. The van der Waals surface area contributed by atoms with E-state index in [9.17, 15) is 9.90 Å². The molecule has 2 aromatic rings. The van der Waals surface area contributed by atoms with E-state index in [1.807, 2.05) is 25.1 Å². The van der Waals surface area contributed by atoms with Crippen LogP contribution in [0.1, 0.15) is 29.3 Å². The predicted octanol–water partition coefficient (Wildman–Crippen LogP) is 3.71. The van der Waals surface area contributed by atoms with Gasteiger partial charge in [-0.15, -0.1) is 0 Å². The first-order valence-electron chi connectivity index (χ1n) is 7.15. The minimum Gasteiger partial charge on any atom is -0.508 e. The zero-order valence-electron chi connectivity index (χ0n) is 12.6. The largest absolute Gasteiger partial charge is 0.508 e. The first kappa shape index (κ1) is 17.0. The highest BCUT2D eigenvalue weighted by molar-refractivity contribution is 9.10. The molecule has 0 spiro atoms. The molecule has 23 heavy (non-hydrogen) atoms. The molecule has 0 radical (unpaired) electrons. The molecule has 0 unspecified atom stereocenters. The van der Waals surface area contributed by atoms with E-state index in [0.29, 0.717) is 12.2 Å². The molecule has 0 aliphatic carbocycles. The van der Waals surface area contributed by atoms with Gasteiger partial charge in [0.15, 0.2) is 0 Å². The summed E-state index contributed by atoms with van der Waals surface area (Å²) < 4.78 is 6.40. The van der Waals surface area contributed by atoms with Crippen molar-refractivity contribution in [3.05, 3.63) is 58.1 Å². The fraction of sp³-hybridized carbons (Fsp3) is 0.176. The van der Waals surface area contributed by atoms with Gasteiger partial charge in [0.25, 0.3) is 5.91 Å². The number of benzene rings is 2. The first-order chi connectivity index (χ1) is 11.1. The van der Waals surface area contributed by atoms with Crippen molar-refractivity contribution in [2.45, 2.75) is 13.3 Å². The van der Waals surface area contributed by atoms with Crippen LogP contribution in [0.3, 0.4) is 0 Å². The lowest BCUT2D eigenvalue weighted by atomic mass is 10.2. The Kier molecular flexibility index (Phi) is 6.17. The topological polar surface area (TPSA) is 70.9 Å². The van der Waals surface area contributed by atoms with Crippen LogP contribution in [0.4, 0.5) is 0 Å². The van der Waals surface area contributed by atoms with Crippen molar-refractivity contribution in [1.29, 1.82) is 0 Å². The number of amides is 1. The van der Waals surface area contributed by atoms with E-state index in [-0.39, 0.29) is 11.7 Å². The number of halogens is 1. The van der Waals surface area contributed by atoms with E-state index >= 15 is 0 Å². The van der Waals surface area contributed by atoms with Crippen LogP contribution in [-0.2, 0) is 0 Å². The molecular formula is C17H17BrN2O3. The summed E-state index contributed by atoms with van der Waals surface area (Å²) >= 11 is 3.44. The minimum atomic E-state index is -0.344. The number of hydrogen-bond acceptors (Lipinski definition) is 4. The van der Waals surface area contributed by atoms with E-state index in [2.05, 4.69) is 26.5 Å². The third kappa shape index (κ3) is 5.10. The third-order valence-electron chi connectivity index (χ3n) is 2.93. The average Bonchev–Trinajstić information content (AvgIpc) is 2.54. The molecule has 0 bridgehead atoms. The molecule has 0 atom stereocenters. The van der Waals surface area contributed by atoms with Gasteiger partial charge in [-0.3, -0.25) is 4.79 Å². The van der Waals surface area contributed by atoms with Crippen molar-refractivity contribution in [1.82, 2.24) is 5.43 Å². The summed E-state index contributed by atoms with van der Waals surface area (Å²) in [5.74, 6) is 0.542. The van der Waals surface area contributed by atoms with Gasteiger partial charge < -0.3 is 9.84 Å². The average molecular weight is 377 g/mol. The Labute approximate surface area is 143 Å². The number of ether oxygens (including phenoxy) is 1. The number of hydrogen-bond donors (Lipinski definition) is 2. The highest BCUT2D eigenvalue weighted by Gasteiger charge is 2.04. The fourth-order valence-corrected chi connectivity index (χ4v) is 2.28. The van der Waals surface area contributed by atoms with Gasteiger partial charge >= 0.3 is 0 Å². The van der Waals surface area contributed by atoms with Gasteiger partial charge in [0, 0.05) is 5.56 Å². The smallest absolute Gasteiger partial charge is 0.271 e. The van der Waals surface area contributed by atoms with Crippen molar-refractivity contribution in [3.63, 3.8) is 0 Å². The molecule has 5 nitrogen and oxygen atoms in total. The Morgan fingerprint density at radius 3 is 2.70 bits per heavy atom. The molecule has 0 saturated carbocycles. The zero-order valence-corrected chi connectivity index (χ0v) is 14.2. The number of nitrogens with zero attached hydrogens (tertiary/aromatic N) is 1. The van der Waals surface area contributed by atoms with Crippen LogP contribution in [0.15, 0.2) is 52.0 Å². The first-order valence-corrected chi connectivity index (χ1v) is 7.94. The molecule has 0 fully saturated rings. The van der Waals surface area contributed by atoms with Crippen LogP contribution in [0.5, 0.6) is 11.5 Å². The summed E-state index contributed by atoms with van der Waals surface area (Å²) in [5.41, 5.74) is 3.68. The quantitative estimate of drug-likeness (QED) is 0.596. The Balaban J connectivity index is 1.96. The standard InChI is InChI=1S/C17H17BrN2O3/c1-2-9-23-16-8-3-12(10-15(16)18)11-19-20-17(22)13-4-6-14(21)7-5-13/h3-8,10-11,21H,2,9H2,1H3,(H,20,22)/b19-11-. The van der Waals surface area contributed by atoms with Crippen molar-refractivity contribution >= 4 is 28.1 Å². The lowest BCUT2D eigenvalue weighted by molar-refractivity contribution is 0.0955. The molecule has 2 N–H and O–H groups in total. The maximum Gasteiger partial charge on any atom is 0.271 e. The van der Waals surface area contributed by atoms with Crippen LogP contribution < -0.4 is 10.2 Å². The van der Waals surface area contributed by atoms with E-state index in [1.165, 1.54) is 24.3 Å². The lowest BCUT2D eigenvalue weighted by Crippen LogP contribution is -2.17. The van der Waals surface area contributed by atoms with Crippen molar-refractivity contribution in [2.75, 3.05) is 6.61 Å². The van der Waals surface area contributed by atoms with Gasteiger partial charge in [0.05, 0.1) is 17.3 Å². The van der Waals surface area contributed by atoms with Crippen molar-refractivity contribution < 1.29 is 14.6 Å². The molecule has 2 aromatic carbocycles. The molecule has 0 aromatic heterocycles. The number of carbonyl (C=O) groups is 1. The molecule has 6 heteroatoms. The molecule has 120 valence electrons. The summed E-state index contributed by atoms with van der Waals surface area (Å²) in [4.78, 5) is 11.8. The van der Waals surface area contributed by atoms with E-state index in [4.69, 9.17) is 4.74 Å². The zero-order chi connectivity index (χ0) is 16.7. The summed E-state index contributed by atoms with van der Waals surface area (Å²) in [5, 5.41) is 13.1. The number of nitrogens with one attached hydrogen (secondary N) is 1.